The van der Waals surface area contributed by atoms with Crippen molar-refractivity contribution in [1.29, 1.82) is 0 Å². The van der Waals surface area contributed by atoms with Gasteiger partial charge in [-0.3, -0.25) is 4.79 Å². The maximum atomic E-state index is 13.0. The first-order valence-corrected chi connectivity index (χ1v) is 9.19. The van der Waals surface area contributed by atoms with Crippen molar-refractivity contribution in [3.8, 4) is 5.75 Å². The predicted octanol–water partition coefficient (Wildman–Crippen LogP) is 3.29. The maximum absolute atomic E-state index is 13.0. The van der Waals surface area contributed by atoms with Crippen LogP contribution in [0.15, 0.2) is 42.5 Å². The lowest BCUT2D eigenvalue weighted by Crippen LogP contribution is -2.44. The Bertz CT molecular complexity index is 787. The van der Waals surface area contributed by atoms with Gasteiger partial charge in [0.2, 0.25) is 0 Å². The molecule has 1 heterocycles. The van der Waals surface area contributed by atoms with Gasteiger partial charge in [-0.1, -0.05) is 0 Å². The number of likely N-dealkylation sites (N-methyl/N-ethyl adjacent to an activating group) is 1. The molecular formula is C21H26FN3O2. The summed E-state index contributed by atoms with van der Waals surface area (Å²) in [5, 5.41) is 2.89. The molecule has 0 spiro atoms. The Labute approximate surface area is 159 Å². The highest BCUT2D eigenvalue weighted by atomic mass is 19.1. The second-order valence-electron chi connectivity index (χ2n) is 6.99. The van der Waals surface area contributed by atoms with Gasteiger partial charge < -0.3 is 19.9 Å². The number of benzene rings is 2. The Kier molecular flexibility index (Phi) is 5.96. The Hall–Kier alpha value is -2.60. The summed E-state index contributed by atoms with van der Waals surface area (Å²) in [6.45, 7) is 7.84. The van der Waals surface area contributed by atoms with Crippen molar-refractivity contribution >= 4 is 17.3 Å². The van der Waals surface area contributed by atoms with Crippen LogP contribution in [0.2, 0.25) is 0 Å². The predicted molar refractivity (Wildman–Crippen MR) is 106 cm³/mol. The van der Waals surface area contributed by atoms with E-state index >= 15 is 0 Å². The number of amides is 1. The number of aryl methyl sites for hydroxylation is 1. The van der Waals surface area contributed by atoms with E-state index in [0.717, 1.165) is 37.4 Å². The number of piperazine rings is 1. The Balaban J connectivity index is 1.60. The molecule has 1 unspecified atom stereocenters. The number of hydrogen-bond acceptors (Lipinski definition) is 4. The van der Waals surface area contributed by atoms with Gasteiger partial charge in [0.15, 0.2) is 6.10 Å². The van der Waals surface area contributed by atoms with Crippen molar-refractivity contribution in [3.05, 3.63) is 53.8 Å². The van der Waals surface area contributed by atoms with Crippen LogP contribution in [0.1, 0.15) is 12.5 Å². The van der Waals surface area contributed by atoms with Crippen molar-refractivity contribution in [2.24, 2.45) is 0 Å². The van der Waals surface area contributed by atoms with Crippen molar-refractivity contribution < 1.29 is 13.9 Å². The van der Waals surface area contributed by atoms with Crippen molar-refractivity contribution in [2.45, 2.75) is 20.0 Å². The highest BCUT2D eigenvalue weighted by molar-refractivity contribution is 5.94. The molecule has 2 aromatic rings. The number of anilines is 2. The summed E-state index contributed by atoms with van der Waals surface area (Å²) >= 11 is 0. The molecule has 5 nitrogen and oxygen atoms in total. The molecule has 27 heavy (non-hydrogen) atoms. The number of rotatable bonds is 5. The summed E-state index contributed by atoms with van der Waals surface area (Å²) in [6.07, 6.45) is -0.687. The molecule has 0 saturated carbocycles. The summed E-state index contributed by atoms with van der Waals surface area (Å²) in [4.78, 5) is 17.1. The van der Waals surface area contributed by atoms with E-state index in [1.54, 1.807) is 6.92 Å². The number of hydrogen-bond donors (Lipinski definition) is 1. The standard InChI is InChI=1S/C21H26FN3O2/c1-15-14-18(6-9-20(15)25-12-10-24(3)11-13-25)23-21(26)16(2)27-19-7-4-17(22)5-8-19/h4-9,14,16H,10-13H2,1-3H3,(H,23,26). The number of carbonyl (C=O) groups is 1. The third-order valence-corrected chi connectivity index (χ3v) is 4.80. The molecule has 0 aliphatic carbocycles. The molecule has 6 heteroatoms. The summed E-state index contributed by atoms with van der Waals surface area (Å²) < 4.78 is 18.5. The molecule has 1 atom stereocenters. The summed E-state index contributed by atoms with van der Waals surface area (Å²) in [5.41, 5.74) is 3.08. The van der Waals surface area contributed by atoms with Gasteiger partial charge in [-0.25, -0.2) is 4.39 Å². The fourth-order valence-electron chi connectivity index (χ4n) is 3.15. The minimum Gasteiger partial charge on any atom is -0.481 e. The maximum Gasteiger partial charge on any atom is 0.265 e. The van der Waals surface area contributed by atoms with Crippen molar-refractivity contribution in [3.63, 3.8) is 0 Å². The third-order valence-electron chi connectivity index (χ3n) is 4.80. The van der Waals surface area contributed by atoms with Crippen molar-refractivity contribution in [2.75, 3.05) is 43.4 Å². The zero-order chi connectivity index (χ0) is 19.4. The lowest BCUT2D eigenvalue weighted by Gasteiger charge is -2.35. The molecule has 1 N–H and O–H groups in total. The Morgan fingerprint density at radius 2 is 1.78 bits per heavy atom. The number of nitrogens with one attached hydrogen (secondary N) is 1. The van der Waals surface area contributed by atoms with Crippen LogP contribution in [-0.4, -0.2) is 50.1 Å². The molecule has 1 amide bonds. The zero-order valence-corrected chi connectivity index (χ0v) is 16.0. The van der Waals surface area contributed by atoms with E-state index in [9.17, 15) is 9.18 Å². The smallest absolute Gasteiger partial charge is 0.265 e. The number of nitrogens with zero attached hydrogens (tertiary/aromatic N) is 2. The first-order valence-electron chi connectivity index (χ1n) is 9.19. The second-order valence-corrected chi connectivity index (χ2v) is 6.99. The van der Waals surface area contributed by atoms with Crippen LogP contribution in [0.5, 0.6) is 5.75 Å². The molecule has 1 aliphatic rings. The van der Waals surface area contributed by atoms with E-state index in [0.29, 0.717) is 5.75 Å². The summed E-state index contributed by atoms with van der Waals surface area (Å²) in [7, 11) is 2.14. The van der Waals surface area contributed by atoms with Crippen LogP contribution in [0, 0.1) is 12.7 Å². The zero-order valence-electron chi connectivity index (χ0n) is 16.0. The normalized spacial score (nSPS) is 16.1. The molecule has 1 fully saturated rings. The van der Waals surface area contributed by atoms with Gasteiger partial charge in [-0.2, -0.15) is 0 Å². The number of ether oxygens (including phenoxy) is 1. The van der Waals surface area contributed by atoms with Crippen molar-refractivity contribution in [1.82, 2.24) is 4.90 Å². The highest BCUT2D eigenvalue weighted by Gasteiger charge is 2.18. The van der Waals surface area contributed by atoms with Gasteiger partial charge in [0, 0.05) is 37.6 Å². The molecular weight excluding hydrogens is 345 g/mol. The molecule has 3 rings (SSSR count). The molecule has 2 aromatic carbocycles. The molecule has 1 aliphatic heterocycles. The lowest BCUT2D eigenvalue weighted by molar-refractivity contribution is -0.122. The van der Waals surface area contributed by atoms with E-state index < -0.39 is 6.10 Å². The third kappa shape index (κ3) is 4.98. The van der Waals surface area contributed by atoms with Gasteiger partial charge in [0.05, 0.1) is 0 Å². The van der Waals surface area contributed by atoms with Crippen LogP contribution in [0.4, 0.5) is 15.8 Å². The molecule has 0 radical (unpaired) electrons. The average Bonchev–Trinajstić information content (AvgIpc) is 2.64. The first-order chi connectivity index (χ1) is 12.9. The number of carbonyl (C=O) groups excluding carboxylic acids is 1. The topological polar surface area (TPSA) is 44.8 Å². The van der Waals surface area contributed by atoms with E-state index in [4.69, 9.17) is 4.74 Å². The minimum atomic E-state index is -0.687. The van der Waals surface area contributed by atoms with Gasteiger partial charge in [-0.15, -0.1) is 0 Å². The van der Waals surface area contributed by atoms with Crippen LogP contribution in [0.25, 0.3) is 0 Å². The monoisotopic (exact) mass is 371 g/mol. The highest BCUT2D eigenvalue weighted by Crippen LogP contribution is 2.25. The van der Waals surface area contributed by atoms with E-state index in [-0.39, 0.29) is 11.7 Å². The van der Waals surface area contributed by atoms with E-state index in [1.165, 1.54) is 30.0 Å². The van der Waals surface area contributed by atoms with Gasteiger partial charge in [-0.05, 0) is 68.9 Å². The summed E-state index contributed by atoms with van der Waals surface area (Å²) in [5.74, 6) is -0.123. The van der Waals surface area contributed by atoms with Crippen LogP contribution in [0.3, 0.4) is 0 Å². The SMILES string of the molecule is Cc1cc(NC(=O)C(C)Oc2ccc(F)cc2)ccc1N1CCN(C)CC1. The van der Waals surface area contributed by atoms with Gasteiger partial charge >= 0.3 is 0 Å². The fourth-order valence-corrected chi connectivity index (χ4v) is 3.15. The largest absolute Gasteiger partial charge is 0.481 e. The fraction of sp³-hybridized carbons (Fsp3) is 0.381. The van der Waals surface area contributed by atoms with Gasteiger partial charge in [0.25, 0.3) is 5.91 Å². The van der Waals surface area contributed by atoms with Gasteiger partial charge in [0.1, 0.15) is 11.6 Å². The second kappa shape index (κ2) is 8.39. The van der Waals surface area contributed by atoms with E-state index in [2.05, 4.69) is 35.2 Å². The molecule has 144 valence electrons. The Morgan fingerprint density at radius 1 is 1.11 bits per heavy atom. The van der Waals surface area contributed by atoms with Crippen LogP contribution < -0.4 is 15.0 Å². The Morgan fingerprint density at radius 3 is 2.41 bits per heavy atom. The number of halogens is 1. The van der Waals surface area contributed by atoms with E-state index in [1.807, 2.05) is 12.1 Å². The lowest BCUT2D eigenvalue weighted by atomic mass is 10.1. The summed E-state index contributed by atoms with van der Waals surface area (Å²) in [6, 6.07) is 11.6. The minimum absolute atomic E-state index is 0.244. The first kappa shape index (κ1) is 19.2. The molecule has 0 bridgehead atoms. The quantitative estimate of drug-likeness (QED) is 0.876. The molecule has 1 saturated heterocycles. The van der Waals surface area contributed by atoms with Crippen LogP contribution in [-0.2, 0) is 4.79 Å². The molecule has 0 aromatic heterocycles. The average molecular weight is 371 g/mol. The van der Waals surface area contributed by atoms with Crippen LogP contribution >= 0.6 is 0 Å².